The van der Waals surface area contributed by atoms with Crippen molar-refractivity contribution in [1.82, 2.24) is 4.98 Å². The van der Waals surface area contributed by atoms with Gasteiger partial charge in [0.15, 0.2) is 15.6 Å². The first kappa shape index (κ1) is 17.9. The molecule has 1 aliphatic rings. The van der Waals surface area contributed by atoms with Crippen molar-refractivity contribution in [1.29, 1.82) is 0 Å². The largest absolute Gasteiger partial charge is 0.384 e. The molecule has 0 bridgehead atoms. The van der Waals surface area contributed by atoms with Gasteiger partial charge in [0, 0.05) is 40.8 Å². The van der Waals surface area contributed by atoms with Crippen LogP contribution in [0.2, 0.25) is 0 Å². The third-order valence-corrected chi connectivity index (χ3v) is 5.94. The highest BCUT2D eigenvalue weighted by molar-refractivity contribution is 7.90. The number of carbonyl (C=O) groups excluding carboxylic acids is 1. The molecular formula is C19H23NO4S. The lowest BCUT2D eigenvalue weighted by atomic mass is 9.75. The van der Waals surface area contributed by atoms with Gasteiger partial charge in [-0.05, 0) is 24.8 Å². The summed E-state index contributed by atoms with van der Waals surface area (Å²) in [5.41, 5.74) is 2.71. The van der Waals surface area contributed by atoms with Gasteiger partial charge in [-0.3, -0.25) is 4.79 Å². The normalized spacial score (nSPS) is 18.0. The summed E-state index contributed by atoms with van der Waals surface area (Å²) in [4.78, 5) is 16.0. The zero-order valence-electron chi connectivity index (χ0n) is 14.9. The SMILES string of the molecule is Cc1[nH]c2c(c1C(O)c1ccccc1S(C)(=O)=O)C(=O)CC(C)(C)C2. The van der Waals surface area contributed by atoms with E-state index >= 15 is 0 Å². The molecule has 3 rings (SSSR count). The molecule has 25 heavy (non-hydrogen) atoms. The molecule has 1 aliphatic carbocycles. The maximum absolute atomic E-state index is 12.7. The van der Waals surface area contributed by atoms with Gasteiger partial charge in [0.25, 0.3) is 0 Å². The lowest BCUT2D eigenvalue weighted by molar-refractivity contribution is 0.0906. The van der Waals surface area contributed by atoms with Crippen LogP contribution in [0.1, 0.15) is 59.2 Å². The molecule has 1 unspecified atom stereocenters. The molecule has 2 aromatic rings. The molecule has 0 saturated heterocycles. The van der Waals surface area contributed by atoms with E-state index in [4.69, 9.17) is 0 Å². The Balaban J connectivity index is 2.17. The molecular weight excluding hydrogens is 338 g/mol. The number of carbonyl (C=O) groups is 1. The summed E-state index contributed by atoms with van der Waals surface area (Å²) >= 11 is 0. The number of fused-ring (bicyclic) bond motifs is 1. The van der Waals surface area contributed by atoms with Crippen LogP contribution < -0.4 is 0 Å². The second kappa shape index (κ2) is 5.81. The van der Waals surface area contributed by atoms with Crippen molar-refractivity contribution >= 4 is 15.6 Å². The van der Waals surface area contributed by atoms with E-state index in [0.717, 1.165) is 18.4 Å². The molecule has 2 N–H and O–H groups in total. The van der Waals surface area contributed by atoms with Gasteiger partial charge >= 0.3 is 0 Å². The summed E-state index contributed by atoms with van der Waals surface area (Å²) in [5.74, 6) is -0.0125. The van der Waals surface area contributed by atoms with Gasteiger partial charge in [0.2, 0.25) is 0 Å². The topological polar surface area (TPSA) is 87.2 Å². The number of aliphatic hydroxyl groups excluding tert-OH is 1. The number of H-pyrrole nitrogens is 1. The third kappa shape index (κ3) is 3.16. The minimum atomic E-state index is -3.49. The molecule has 0 spiro atoms. The van der Waals surface area contributed by atoms with Gasteiger partial charge in [-0.25, -0.2) is 8.42 Å². The molecule has 0 saturated carbocycles. The van der Waals surface area contributed by atoms with Gasteiger partial charge in [-0.1, -0.05) is 32.0 Å². The Morgan fingerprint density at radius 2 is 1.84 bits per heavy atom. The number of nitrogens with one attached hydrogen (secondary N) is 1. The van der Waals surface area contributed by atoms with Crippen molar-refractivity contribution in [3.63, 3.8) is 0 Å². The van der Waals surface area contributed by atoms with Crippen LogP contribution >= 0.6 is 0 Å². The zero-order chi connectivity index (χ0) is 18.6. The van der Waals surface area contributed by atoms with Crippen LogP contribution in [0.15, 0.2) is 29.2 Å². The van der Waals surface area contributed by atoms with Crippen molar-refractivity contribution in [2.75, 3.05) is 6.26 Å². The van der Waals surface area contributed by atoms with E-state index in [1.165, 1.54) is 6.07 Å². The number of aliphatic hydroxyl groups is 1. The lowest BCUT2D eigenvalue weighted by Crippen LogP contribution is -2.27. The molecule has 1 heterocycles. The predicted molar refractivity (Wildman–Crippen MR) is 95.6 cm³/mol. The fourth-order valence-electron chi connectivity index (χ4n) is 3.76. The first-order valence-electron chi connectivity index (χ1n) is 8.23. The summed E-state index contributed by atoms with van der Waals surface area (Å²) in [5, 5.41) is 11.0. The molecule has 6 heteroatoms. The van der Waals surface area contributed by atoms with Crippen molar-refractivity contribution in [3.8, 4) is 0 Å². The Labute approximate surface area is 148 Å². The number of rotatable bonds is 3. The average molecular weight is 361 g/mol. The van der Waals surface area contributed by atoms with E-state index in [0.29, 0.717) is 28.8 Å². The van der Waals surface area contributed by atoms with Crippen molar-refractivity contribution in [2.45, 2.75) is 44.6 Å². The van der Waals surface area contributed by atoms with Gasteiger partial charge in [0.1, 0.15) is 6.10 Å². The van der Waals surface area contributed by atoms with E-state index < -0.39 is 15.9 Å². The number of benzene rings is 1. The van der Waals surface area contributed by atoms with E-state index in [-0.39, 0.29) is 16.1 Å². The quantitative estimate of drug-likeness (QED) is 0.880. The smallest absolute Gasteiger partial charge is 0.175 e. The molecule has 0 fully saturated rings. The third-order valence-electron chi connectivity index (χ3n) is 4.77. The van der Waals surface area contributed by atoms with Crippen molar-refractivity contribution < 1.29 is 18.3 Å². The number of aromatic amines is 1. The number of ketones is 1. The Bertz CT molecular complexity index is 954. The highest BCUT2D eigenvalue weighted by atomic mass is 32.2. The monoisotopic (exact) mass is 361 g/mol. The van der Waals surface area contributed by atoms with Gasteiger partial charge in [-0.15, -0.1) is 0 Å². The van der Waals surface area contributed by atoms with Crippen LogP contribution in [0, 0.1) is 12.3 Å². The fraction of sp³-hybridized carbons (Fsp3) is 0.421. The Morgan fingerprint density at radius 3 is 2.48 bits per heavy atom. The van der Waals surface area contributed by atoms with Gasteiger partial charge in [0.05, 0.1) is 4.90 Å². The van der Waals surface area contributed by atoms with Crippen LogP contribution in [-0.2, 0) is 16.3 Å². The first-order chi connectivity index (χ1) is 11.5. The van der Waals surface area contributed by atoms with E-state index in [2.05, 4.69) is 4.98 Å². The molecule has 0 amide bonds. The van der Waals surface area contributed by atoms with E-state index in [1.807, 2.05) is 13.8 Å². The molecule has 1 atom stereocenters. The molecule has 5 nitrogen and oxygen atoms in total. The summed E-state index contributed by atoms with van der Waals surface area (Å²) in [6.07, 6.45) is 1.07. The maximum atomic E-state index is 12.7. The van der Waals surface area contributed by atoms with Gasteiger partial charge < -0.3 is 10.1 Å². The number of aryl methyl sites for hydroxylation is 1. The predicted octanol–water partition coefficient (Wildman–Crippen LogP) is 2.96. The highest BCUT2D eigenvalue weighted by Gasteiger charge is 2.37. The van der Waals surface area contributed by atoms with Crippen LogP contribution in [0.3, 0.4) is 0 Å². The standard InChI is InChI=1S/C19H23NO4S/c1-11-16(17-13(20-11)9-19(2,3)10-14(17)21)18(22)12-7-5-6-8-15(12)25(4,23)24/h5-8,18,20,22H,9-10H2,1-4H3. The molecule has 1 aromatic heterocycles. The minimum absolute atomic E-state index is 0.0125. The molecule has 0 aliphatic heterocycles. The van der Waals surface area contributed by atoms with E-state index in [9.17, 15) is 18.3 Å². The highest BCUT2D eigenvalue weighted by Crippen LogP contribution is 2.40. The number of sulfone groups is 1. The van der Waals surface area contributed by atoms with Crippen LogP contribution in [0.25, 0.3) is 0 Å². The van der Waals surface area contributed by atoms with Crippen LogP contribution in [-0.4, -0.2) is 30.5 Å². The second-order valence-electron chi connectivity index (χ2n) is 7.67. The second-order valence-corrected chi connectivity index (χ2v) is 9.65. The number of hydrogen-bond acceptors (Lipinski definition) is 4. The van der Waals surface area contributed by atoms with Crippen LogP contribution in [0.4, 0.5) is 0 Å². The van der Waals surface area contributed by atoms with Crippen molar-refractivity contribution in [3.05, 3.63) is 52.3 Å². The summed E-state index contributed by atoms with van der Waals surface area (Å²) < 4.78 is 24.1. The number of Topliss-reactive ketones (excluding diaryl/α,β-unsaturated/α-hetero) is 1. The first-order valence-corrected chi connectivity index (χ1v) is 10.1. The summed E-state index contributed by atoms with van der Waals surface area (Å²) in [6, 6.07) is 6.39. The maximum Gasteiger partial charge on any atom is 0.175 e. The molecule has 1 aromatic carbocycles. The van der Waals surface area contributed by atoms with Gasteiger partial charge in [-0.2, -0.15) is 0 Å². The Kier molecular flexibility index (Phi) is 4.16. The molecule has 0 radical (unpaired) electrons. The van der Waals surface area contributed by atoms with Crippen molar-refractivity contribution in [2.24, 2.45) is 5.41 Å². The summed E-state index contributed by atoms with van der Waals surface area (Å²) in [7, 11) is -3.49. The summed E-state index contributed by atoms with van der Waals surface area (Å²) in [6.45, 7) is 5.89. The van der Waals surface area contributed by atoms with Crippen LogP contribution in [0.5, 0.6) is 0 Å². The zero-order valence-corrected chi connectivity index (χ0v) is 15.7. The fourth-order valence-corrected chi connectivity index (χ4v) is 4.70. The number of hydrogen-bond donors (Lipinski definition) is 2. The Hall–Kier alpha value is -1.92. The Morgan fingerprint density at radius 1 is 1.20 bits per heavy atom. The average Bonchev–Trinajstić information content (AvgIpc) is 2.80. The van der Waals surface area contributed by atoms with E-state index in [1.54, 1.807) is 25.1 Å². The molecule has 134 valence electrons. The lowest BCUT2D eigenvalue weighted by Gasteiger charge is -2.29. The number of aromatic nitrogens is 1. The minimum Gasteiger partial charge on any atom is -0.384 e.